The van der Waals surface area contributed by atoms with Gasteiger partial charge in [-0.15, -0.1) is 0 Å². The first-order valence-electron chi connectivity index (χ1n) is 7.15. The standard InChI is InChI=1S/C15H26O2/c1-12(2)11-6-9-13(3)7-5-8-14(4,16)15(13,10-11)17-12/h11,16H,5-10H2,1-4H3/t11?,13-,14+,15+/m0/s1. The minimum Gasteiger partial charge on any atom is -0.387 e. The van der Waals surface area contributed by atoms with E-state index in [-0.39, 0.29) is 16.6 Å². The van der Waals surface area contributed by atoms with E-state index in [1.807, 2.05) is 6.92 Å². The highest BCUT2D eigenvalue weighted by molar-refractivity contribution is 5.19. The van der Waals surface area contributed by atoms with E-state index >= 15 is 0 Å². The van der Waals surface area contributed by atoms with Crippen LogP contribution in [-0.2, 0) is 4.74 Å². The van der Waals surface area contributed by atoms with Gasteiger partial charge in [0.05, 0.1) is 11.2 Å². The molecule has 1 saturated heterocycles. The topological polar surface area (TPSA) is 29.5 Å². The van der Waals surface area contributed by atoms with Gasteiger partial charge in [0, 0.05) is 0 Å². The molecule has 2 saturated carbocycles. The molecule has 2 aliphatic carbocycles. The van der Waals surface area contributed by atoms with Crippen molar-refractivity contribution in [1.29, 1.82) is 0 Å². The first-order valence-corrected chi connectivity index (χ1v) is 7.15. The Balaban J connectivity index is 2.10. The van der Waals surface area contributed by atoms with Crippen molar-refractivity contribution in [3.05, 3.63) is 0 Å². The lowest BCUT2D eigenvalue weighted by atomic mass is 9.51. The Bertz CT molecular complexity index is 347. The van der Waals surface area contributed by atoms with Gasteiger partial charge in [0.1, 0.15) is 5.60 Å². The molecule has 1 spiro atoms. The zero-order valence-electron chi connectivity index (χ0n) is 11.7. The van der Waals surface area contributed by atoms with Gasteiger partial charge in [0.25, 0.3) is 0 Å². The molecule has 2 bridgehead atoms. The first kappa shape index (κ1) is 12.0. The number of hydrogen-bond acceptors (Lipinski definition) is 2. The Kier molecular flexibility index (Phi) is 2.17. The number of rotatable bonds is 0. The van der Waals surface area contributed by atoms with Crippen LogP contribution in [0.15, 0.2) is 0 Å². The molecule has 0 radical (unpaired) electrons. The van der Waals surface area contributed by atoms with E-state index in [0.717, 1.165) is 19.3 Å². The van der Waals surface area contributed by atoms with Crippen LogP contribution in [0.4, 0.5) is 0 Å². The highest BCUT2D eigenvalue weighted by atomic mass is 16.5. The second-order valence-corrected chi connectivity index (χ2v) is 7.66. The summed E-state index contributed by atoms with van der Waals surface area (Å²) in [7, 11) is 0. The van der Waals surface area contributed by atoms with Gasteiger partial charge in [0.2, 0.25) is 0 Å². The largest absolute Gasteiger partial charge is 0.387 e. The van der Waals surface area contributed by atoms with Crippen LogP contribution in [0, 0.1) is 11.3 Å². The summed E-state index contributed by atoms with van der Waals surface area (Å²) in [6.45, 7) is 8.78. The maximum absolute atomic E-state index is 10.9. The van der Waals surface area contributed by atoms with Crippen molar-refractivity contribution >= 4 is 0 Å². The third-order valence-electron chi connectivity index (χ3n) is 6.24. The molecule has 0 aromatic carbocycles. The average molecular weight is 238 g/mol. The van der Waals surface area contributed by atoms with Crippen LogP contribution in [0.2, 0.25) is 0 Å². The molecule has 3 fully saturated rings. The smallest absolute Gasteiger partial charge is 0.103 e. The maximum Gasteiger partial charge on any atom is 0.103 e. The highest BCUT2D eigenvalue weighted by Gasteiger charge is 2.70. The Hall–Kier alpha value is -0.0800. The Labute approximate surface area is 105 Å². The van der Waals surface area contributed by atoms with Gasteiger partial charge in [-0.2, -0.15) is 0 Å². The van der Waals surface area contributed by atoms with Crippen LogP contribution >= 0.6 is 0 Å². The van der Waals surface area contributed by atoms with Gasteiger partial charge >= 0.3 is 0 Å². The summed E-state index contributed by atoms with van der Waals surface area (Å²) in [6, 6.07) is 0. The molecule has 0 aromatic rings. The molecule has 0 aromatic heterocycles. The monoisotopic (exact) mass is 238 g/mol. The van der Waals surface area contributed by atoms with E-state index in [4.69, 9.17) is 4.74 Å². The van der Waals surface area contributed by atoms with E-state index < -0.39 is 5.60 Å². The van der Waals surface area contributed by atoms with E-state index in [1.54, 1.807) is 0 Å². The second-order valence-electron chi connectivity index (χ2n) is 7.66. The van der Waals surface area contributed by atoms with Crippen LogP contribution in [0.25, 0.3) is 0 Å². The lowest BCUT2D eigenvalue weighted by Crippen LogP contribution is -2.65. The van der Waals surface area contributed by atoms with Gasteiger partial charge in [-0.1, -0.05) is 6.92 Å². The maximum atomic E-state index is 10.9. The van der Waals surface area contributed by atoms with Gasteiger partial charge in [0.15, 0.2) is 0 Å². The molecule has 0 amide bonds. The lowest BCUT2D eigenvalue weighted by Gasteiger charge is -2.58. The average Bonchev–Trinajstić information content (AvgIpc) is 2.42. The number of fused-ring (bicyclic) bond motifs is 1. The van der Waals surface area contributed by atoms with Crippen LogP contribution in [0.3, 0.4) is 0 Å². The van der Waals surface area contributed by atoms with E-state index in [1.165, 1.54) is 19.3 Å². The summed E-state index contributed by atoms with van der Waals surface area (Å²) in [5.41, 5.74) is -0.810. The fourth-order valence-electron chi connectivity index (χ4n) is 5.01. The van der Waals surface area contributed by atoms with Gasteiger partial charge in [-0.3, -0.25) is 0 Å². The molecular weight excluding hydrogens is 212 g/mol. The fourth-order valence-corrected chi connectivity index (χ4v) is 5.01. The van der Waals surface area contributed by atoms with Crippen molar-refractivity contribution in [3.63, 3.8) is 0 Å². The second kappa shape index (κ2) is 3.08. The van der Waals surface area contributed by atoms with Gasteiger partial charge in [-0.05, 0) is 70.6 Å². The third kappa shape index (κ3) is 1.29. The molecule has 3 aliphatic rings. The molecule has 2 heteroatoms. The van der Waals surface area contributed by atoms with Gasteiger partial charge in [-0.25, -0.2) is 0 Å². The summed E-state index contributed by atoms with van der Waals surface area (Å²) < 4.78 is 6.53. The van der Waals surface area contributed by atoms with E-state index in [2.05, 4.69) is 20.8 Å². The SMILES string of the molecule is CC1(C)O[C@]23CC1CC[C@]2(C)CCC[C@@]3(C)O. The molecule has 3 rings (SSSR count). The van der Waals surface area contributed by atoms with Crippen molar-refractivity contribution < 1.29 is 9.84 Å². The van der Waals surface area contributed by atoms with E-state index in [9.17, 15) is 5.11 Å². The number of ether oxygens (including phenoxy) is 1. The molecule has 2 nitrogen and oxygen atoms in total. The van der Waals surface area contributed by atoms with Crippen LogP contribution < -0.4 is 0 Å². The van der Waals surface area contributed by atoms with Crippen LogP contribution in [0.1, 0.15) is 66.2 Å². The summed E-state index contributed by atoms with van der Waals surface area (Å²) >= 11 is 0. The molecule has 1 heterocycles. The molecular formula is C15H26O2. The molecule has 1 aliphatic heterocycles. The minimum atomic E-state index is -0.646. The Morgan fingerprint density at radius 3 is 2.47 bits per heavy atom. The zero-order valence-corrected chi connectivity index (χ0v) is 11.7. The van der Waals surface area contributed by atoms with Crippen molar-refractivity contribution in [1.82, 2.24) is 0 Å². The third-order valence-corrected chi connectivity index (χ3v) is 6.24. The van der Waals surface area contributed by atoms with Crippen LogP contribution in [-0.4, -0.2) is 21.9 Å². The highest BCUT2D eigenvalue weighted by Crippen LogP contribution is 2.66. The van der Waals surface area contributed by atoms with Crippen molar-refractivity contribution in [2.45, 2.75) is 83.0 Å². The van der Waals surface area contributed by atoms with Crippen molar-refractivity contribution in [2.75, 3.05) is 0 Å². The molecule has 1 unspecified atom stereocenters. The fraction of sp³-hybridized carbons (Fsp3) is 1.00. The molecule has 4 atom stereocenters. The predicted molar refractivity (Wildman–Crippen MR) is 67.8 cm³/mol. The summed E-state index contributed by atoms with van der Waals surface area (Å²) in [5, 5.41) is 10.9. The zero-order chi connectivity index (χ0) is 12.5. The lowest BCUT2D eigenvalue weighted by molar-refractivity contribution is -0.259. The molecule has 1 N–H and O–H groups in total. The quantitative estimate of drug-likeness (QED) is 0.702. The van der Waals surface area contributed by atoms with Crippen molar-refractivity contribution in [3.8, 4) is 0 Å². The van der Waals surface area contributed by atoms with Gasteiger partial charge < -0.3 is 9.84 Å². The summed E-state index contributed by atoms with van der Waals surface area (Å²) in [5.74, 6) is 0.625. The molecule has 17 heavy (non-hydrogen) atoms. The normalized spacial score (nSPS) is 56.6. The van der Waals surface area contributed by atoms with E-state index in [0.29, 0.717) is 5.92 Å². The van der Waals surface area contributed by atoms with Crippen molar-refractivity contribution in [2.24, 2.45) is 11.3 Å². The Morgan fingerprint density at radius 2 is 1.76 bits per heavy atom. The number of aliphatic hydroxyl groups is 1. The minimum absolute atomic E-state index is 0.0565. The number of hydrogen-bond donors (Lipinski definition) is 1. The Morgan fingerprint density at radius 1 is 1.06 bits per heavy atom. The van der Waals surface area contributed by atoms with Crippen LogP contribution in [0.5, 0.6) is 0 Å². The first-order chi connectivity index (χ1) is 7.73. The summed E-state index contributed by atoms with van der Waals surface area (Å²) in [4.78, 5) is 0. The molecule has 98 valence electrons. The predicted octanol–water partition coefficient (Wildman–Crippen LogP) is 3.28. The summed E-state index contributed by atoms with van der Waals surface area (Å²) in [6.07, 6.45) is 6.79.